The van der Waals surface area contributed by atoms with Gasteiger partial charge in [0.05, 0.1) is 0 Å². The third-order valence-corrected chi connectivity index (χ3v) is 5.39. The molecule has 2 rings (SSSR count). The minimum absolute atomic E-state index is 0.0210. The van der Waals surface area contributed by atoms with Crippen LogP contribution in [-0.2, 0) is 9.53 Å². The zero-order chi connectivity index (χ0) is 19.3. The number of ether oxygens (including phenoxy) is 1. The van der Waals surface area contributed by atoms with Crippen LogP contribution in [0.25, 0.3) is 0 Å². The van der Waals surface area contributed by atoms with Gasteiger partial charge in [-0.25, -0.2) is 4.79 Å². The van der Waals surface area contributed by atoms with Crippen molar-refractivity contribution in [1.29, 1.82) is 0 Å². The second kappa shape index (κ2) is 9.04. The number of amides is 1. The molecule has 7 heteroatoms. The fraction of sp³-hybridized carbons (Fsp3) is 0.895. The molecular formula is C19H34N2O5. The zero-order valence-corrected chi connectivity index (χ0v) is 16.2. The lowest BCUT2D eigenvalue weighted by Crippen LogP contribution is -2.54. The quantitative estimate of drug-likeness (QED) is 0.688. The number of carboxylic acid groups (broad SMARTS) is 1. The highest BCUT2D eigenvalue weighted by atomic mass is 16.6. The van der Waals surface area contributed by atoms with E-state index in [4.69, 9.17) is 9.84 Å². The molecule has 1 heterocycles. The number of carboxylic acids is 1. The molecule has 1 saturated heterocycles. The predicted molar refractivity (Wildman–Crippen MR) is 97.7 cm³/mol. The number of likely N-dealkylation sites (tertiary alicyclic amines) is 1. The van der Waals surface area contributed by atoms with Crippen LogP contribution in [0.3, 0.4) is 0 Å². The van der Waals surface area contributed by atoms with Crippen molar-refractivity contribution in [2.24, 2.45) is 11.8 Å². The molecule has 0 spiro atoms. The Balaban J connectivity index is 1.90. The van der Waals surface area contributed by atoms with Crippen LogP contribution in [0.2, 0.25) is 0 Å². The van der Waals surface area contributed by atoms with Crippen molar-refractivity contribution in [2.75, 3.05) is 13.1 Å². The van der Waals surface area contributed by atoms with Gasteiger partial charge in [-0.3, -0.25) is 9.69 Å². The molecule has 3 N–H and O–H groups in total. The number of nitrogens with zero attached hydrogens (tertiary/aromatic N) is 1. The molecule has 0 aromatic rings. The van der Waals surface area contributed by atoms with Crippen LogP contribution < -0.4 is 5.32 Å². The Morgan fingerprint density at radius 1 is 1.15 bits per heavy atom. The maximum atomic E-state index is 12.1. The minimum Gasteiger partial charge on any atom is -0.481 e. The molecule has 7 nitrogen and oxygen atoms in total. The topological polar surface area (TPSA) is 99.1 Å². The van der Waals surface area contributed by atoms with Gasteiger partial charge in [0.2, 0.25) is 0 Å². The fourth-order valence-corrected chi connectivity index (χ4v) is 4.09. The molecule has 3 unspecified atom stereocenters. The Kier molecular flexibility index (Phi) is 7.29. The fourth-order valence-electron chi connectivity index (χ4n) is 4.09. The molecule has 2 fully saturated rings. The normalized spacial score (nSPS) is 26.9. The van der Waals surface area contributed by atoms with Gasteiger partial charge >= 0.3 is 12.1 Å². The van der Waals surface area contributed by atoms with Crippen LogP contribution in [0, 0.1) is 11.8 Å². The third-order valence-electron chi connectivity index (χ3n) is 5.39. The lowest BCUT2D eigenvalue weighted by atomic mass is 9.82. The van der Waals surface area contributed by atoms with Gasteiger partial charge < -0.3 is 20.3 Å². The van der Waals surface area contributed by atoms with Gasteiger partial charge in [0.15, 0.2) is 0 Å². The lowest BCUT2D eigenvalue weighted by molar-refractivity contribution is -0.138. The number of carbonyl (C=O) groups excluding carboxylic acids is 1. The molecular weight excluding hydrogens is 336 g/mol. The maximum Gasteiger partial charge on any atom is 0.407 e. The first-order valence-electron chi connectivity index (χ1n) is 9.79. The summed E-state index contributed by atoms with van der Waals surface area (Å²) in [5.74, 6) is -0.580. The number of hydrogen-bond donors (Lipinski definition) is 3. The summed E-state index contributed by atoms with van der Waals surface area (Å²) in [5.41, 5.74) is -0.543. The summed E-state index contributed by atoms with van der Waals surface area (Å²) in [6.07, 6.45) is 4.54. The molecule has 0 aromatic carbocycles. The Morgan fingerprint density at radius 2 is 1.77 bits per heavy atom. The molecule has 0 bridgehead atoms. The van der Waals surface area contributed by atoms with Crippen molar-refractivity contribution < 1.29 is 24.5 Å². The summed E-state index contributed by atoms with van der Waals surface area (Å²) in [4.78, 5) is 25.0. The number of hydrogen-bond acceptors (Lipinski definition) is 5. The molecule has 0 radical (unpaired) electrons. The summed E-state index contributed by atoms with van der Waals surface area (Å²) in [5, 5.41) is 22.8. The first kappa shape index (κ1) is 21.0. The zero-order valence-electron chi connectivity index (χ0n) is 16.2. The Labute approximate surface area is 156 Å². The van der Waals surface area contributed by atoms with Crippen LogP contribution in [-0.4, -0.2) is 58.1 Å². The summed E-state index contributed by atoms with van der Waals surface area (Å²) < 4.78 is 5.36. The summed E-state index contributed by atoms with van der Waals surface area (Å²) in [7, 11) is 0. The largest absolute Gasteiger partial charge is 0.481 e. The Bertz CT molecular complexity index is 483. The molecule has 150 valence electrons. The molecule has 1 amide bonds. The van der Waals surface area contributed by atoms with Crippen molar-refractivity contribution in [2.45, 2.75) is 83.6 Å². The Hall–Kier alpha value is -1.34. The molecule has 2 aliphatic rings. The van der Waals surface area contributed by atoms with Crippen molar-refractivity contribution in [1.82, 2.24) is 10.2 Å². The van der Waals surface area contributed by atoms with Gasteiger partial charge in [0.1, 0.15) is 11.8 Å². The van der Waals surface area contributed by atoms with E-state index < -0.39 is 23.9 Å². The van der Waals surface area contributed by atoms with Gasteiger partial charge in [0.25, 0.3) is 0 Å². The number of aliphatic carboxylic acids is 1. The SMILES string of the molecule is CC(C)(C)OC(=O)NC1CCCCC1C(O)N1CCC(CC(=O)O)CC1. The van der Waals surface area contributed by atoms with E-state index >= 15 is 0 Å². The van der Waals surface area contributed by atoms with Crippen molar-refractivity contribution in [3.8, 4) is 0 Å². The van der Waals surface area contributed by atoms with Crippen LogP contribution in [0.15, 0.2) is 0 Å². The van der Waals surface area contributed by atoms with E-state index in [1.165, 1.54) is 0 Å². The third kappa shape index (κ3) is 6.43. The first-order chi connectivity index (χ1) is 12.2. The van der Waals surface area contributed by atoms with Crippen molar-refractivity contribution >= 4 is 12.1 Å². The van der Waals surface area contributed by atoms with Gasteiger partial charge in [-0.15, -0.1) is 0 Å². The average Bonchev–Trinajstić information content (AvgIpc) is 2.53. The monoisotopic (exact) mass is 370 g/mol. The van der Waals surface area contributed by atoms with Crippen molar-refractivity contribution in [3.05, 3.63) is 0 Å². The van der Waals surface area contributed by atoms with E-state index in [-0.39, 0.29) is 24.3 Å². The highest BCUT2D eigenvalue weighted by molar-refractivity contribution is 5.68. The van der Waals surface area contributed by atoms with E-state index in [0.29, 0.717) is 13.1 Å². The molecule has 26 heavy (non-hydrogen) atoms. The molecule has 1 aliphatic heterocycles. The summed E-state index contributed by atoms with van der Waals surface area (Å²) in [6, 6.07) is -0.0923. The molecule has 0 aromatic heterocycles. The first-order valence-corrected chi connectivity index (χ1v) is 9.79. The van der Waals surface area contributed by atoms with Crippen LogP contribution in [0.4, 0.5) is 4.79 Å². The second-order valence-corrected chi connectivity index (χ2v) is 8.69. The second-order valence-electron chi connectivity index (χ2n) is 8.69. The standard InChI is InChI=1S/C19H34N2O5/c1-19(2,3)26-18(25)20-15-7-5-4-6-14(15)17(24)21-10-8-13(9-11-21)12-16(22)23/h13-15,17,24H,4-12H2,1-3H3,(H,20,25)(H,22,23). The number of piperidine rings is 1. The van der Waals surface area contributed by atoms with Gasteiger partial charge in [-0.2, -0.15) is 0 Å². The van der Waals surface area contributed by atoms with Crippen LogP contribution >= 0.6 is 0 Å². The molecule has 1 saturated carbocycles. The molecule has 1 aliphatic carbocycles. The number of rotatable bonds is 5. The average molecular weight is 370 g/mol. The van der Waals surface area contributed by atoms with Crippen molar-refractivity contribution in [3.63, 3.8) is 0 Å². The van der Waals surface area contributed by atoms with E-state index in [9.17, 15) is 14.7 Å². The van der Waals surface area contributed by atoms with E-state index in [1.807, 2.05) is 25.7 Å². The predicted octanol–water partition coefficient (Wildman–Crippen LogP) is 2.58. The minimum atomic E-state index is -0.752. The number of aliphatic hydroxyl groups excluding tert-OH is 1. The lowest BCUT2D eigenvalue weighted by Gasteiger charge is -2.42. The van der Waals surface area contributed by atoms with Gasteiger partial charge in [-0.05, 0) is 52.4 Å². The highest BCUT2D eigenvalue weighted by Crippen LogP contribution is 2.31. The van der Waals surface area contributed by atoms with E-state index in [1.54, 1.807) is 0 Å². The smallest absolute Gasteiger partial charge is 0.407 e. The van der Waals surface area contributed by atoms with Gasteiger partial charge in [0, 0.05) is 31.5 Å². The maximum absolute atomic E-state index is 12.1. The number of nitrogens with one attached hydrogen (secondary N) is 1. The number of carbonyl (C=O) groups is 2. The van der Waals surface area contributed by atoms with E-state index in [0.717, 1.165) is 38.5 Å². The van der Waals surface area contributed by atoms with E-state index in [2.05, 4.69) is 5.32 Å². The Morgan fingerprint density at radius 3 is 2.35 bits per heavy atom. The summed E-state index contributed by atoms with van der Waals surface area (Å²) in [6.45, 7) is 6.91. The number of alkyl carbamates (subject to hydrolysis) is 1. The number of aliphatic hydroxyl groups is 1. The van der Waals surface area contributed by atoms with Crippen LogP contribution in [0.5, 0.6) is 0 Å². The summed E-state index contributed by atoms with van der Waals surface area (Å²) >= 11 is 0. The van der Waals surface area contributed by atoms with Crippen LogP contribution in [0.1, 0.15) is 65.7 Å². The van der Waals surface area contributed by atoms with Gasteiger partial charge in [-0.1, -0.05) is 12.8 Å². The molecule has 3 atom stereocenters. The highest BCUT2D eigenvalue weighted by Gasteiger charge is 2.37.